The fraction of sp³-hybridized carbons (Fsp3) is 0.625. The Morgan fingerprint density at radius 2 is 2.05 bits per heavy atom. The van der Waals surface area contributed by atoms with Gasteiger partial charge in [0.05, 0.1) is 5.60 Å². The molecule has 1 aliphatic carbocycles. The van der Waals surface area contributed by atoms with E-state index in [9.17, 15) is 8.78 Å². The molecule has 2 nitrogen and oxygen atoms in total. The predicted molar refractivity (Wildman–Crippen MR) is 75.7 cm³/mol. The molecule has 1 fully saturated rings. The van der Waals surface area contributed by atoms with Crippen LogP contribution >= 0.6 is 0 Å². The average molecular weight is 283 g/mol. The van der Waals surface area contributed by atoms with Gasteiger partial charge in [0.15, 0.2) is 11.6 Å². The van der Waals surface area contributed by atoms with Crippen molar-refractivity contribution in [2.24, 2.45) is 0 Å². The summed E-state index contributed by atoms with van der Waals surface area (Å²) in [4.78, 5) is 0. The van der Waals surface area contributed by atoms with Crippen LogP contribution in [0, 0.1) is 11.6 Å². The van der Waals surface area contributed by atoms with Crippen LogP contribution < -0.4 is 5.32 Å². The minimum absolute atomic E-state index is 0.145. The summed E-state index contributed by atoms with van der Waals surface area (Å²) < 4.78 is 32.1. The predicted octanol–water partition coefficient (Wildman–Crippen LogP) is 3.44. The van der Waals surface area contributed by atoms with E-state index in [1.54, 1.807) is 13.2 Å². The molecule has 1 aromatic carbocycles. The molecule has 0 saturated heterocycles. The van der Waals surface area contributed by atoms with Crippen molar-refractivity contribution in [1.29, 1.82) is 0 Å². The molecule has 1 N–H and O–H groups in total. The van der Waals surface area contributed by atoms with E-state index in [0.29, 0.717) is 6.42 Å². The lowest BCUT2D eigenvalue weighted by Gasteiger charge is -2.47. The lowest BCUT2D eigenvalue weighted by Crippen LogP contribution is -2.57. The molecule has 0 bridgehead atoms. The van der Waals surface area contributed by atoms with E-state index in [1.165, 1.54) is 12.1 Å². The van der Waals surface area contributed by atoms with E-state index < -0.39 is 11.6 Å². The van der Waals surface area contributed by atoms with Crippen LogP contribution in [0.1, 0.15) is 38.2 Å². The van der Waals surface area contributed by atoms with Crippen molar-refractivity contribution >= 4 is 0 Å². The van der Waals surface area contributed by atoms with Crippen LogP contribution in [0.3, 0.4) is 0 Å². The first kappa shape index (κ1) is 15.4. The topological polar surface area (TPSA) is 21.3 Å². The lowest BCUT2D eigenvalue weighted by molar-refractivity contribution is -0.0980. The largest absolute Gasteiger partial charge is 0.377 e. The zero-order chi connectivity index (χ0) is 14.6. The number of halogens is 2. The Morgan fingerprint density at radius 1 is 1.30 bits per heavy atom. The first-order valence-corrected chi connectivity index (χ1v) is 7.34. The van der Waals surface area contributed by atoms with E-state index in [1.807, 2.05) is 0 Å². The highest BCUT2D eigenvalue weighted by Crippen LogP contribution is 2.39. The Kier molecular flexibility index (Phi) is 5.11. The monoisotopic (exact) mass is 283 g/mol. The first-order valence-electron chi connectivity index (χ1n) is 7.34. The highest BCUT2D eigenvalue weighted by Gasteiger charge is 2.44. The zero-order valence-corrected chi connectivity index (χ0v) is 12.2. The molecule has 2 rings (SSSR count). The minimum Gasteiger partial charge on any atom is -0.377 e. The second-order valence-corrected chi connectivity index (χ2v) is 5.58. The molecule has 0 spiro atoms. The molecule has 1 unspecified atom stereocenters. The van der Waals surface area contributed by atoms with Crippen LogP contribution in [-0.2, 0) is 11.2 Å². The minimum atomic E-state index is -0.795. The van der Waals surface area contributed by atoms with Crippen LogP contribution in [0.4, 0.5) is 8.78 Å². The highest BCUT2D eigenvalue weighted by atomic mass is 19.2. The summed E-state index contributed by atoms with van der Waals surface area (Å²) in [5.41, 5.74) is 0.654. The second kappa shape index (κ2) is 6.64. The second-order valence-electron chi connectivity index (χ2n) is 5.58. The number of rotatable bonds is 7. The molecule has 20 heavy (non-hydrogen) atoms. The van der Waals surface area contributed by atoms with Crippen molar-refractivity contribution in [2.45, 2.75) is 50.7 Å². The summed E-state index contributed by atoms with van der Waals surface area (Å²) >= 11 is 0. The molecular weight excluding hydrogens is 260 g/mol. The number of ether oxygens (including phenoxy) is 1. The Balaban J connectivity index is 2.12. The summed E-state index contributed by atoms with van der Waals surface area (Å²) in [6.45, 7) is 3.02. The molecule has 0 amide bonds. The van der Waals surface area contributed by atoms with Crippen LogP contribution in [0.2, 0.25) is 0 Å². The highest BCUT2D eigenvalue weighted by molar-refractivity contribution is 5.20. The van der Waals surface area contributed by atoms with Crippen LogP contribution in [-0.4, -0.2) is 25.3 Å². The Labute approximate surface area is 119 Å². The van der Waals surface area contributed by atoms with E-state index >= 15 is 0 Å². The summed E-state index contributed by atoms with van der Waals surface area (Å²) in [5.74, 6) is -1.58. The molecule has 0 aromatic heterocycles. The molecule has 112 valence electrons. The number of hydrogen-bond donors (Lipinski definition) is 1. The molecule has 1 aromatic rings. The van der Waals surface area contributed by atoms with Crippen molar-refractivity contribution < 1.29 is 13.5 Å². The molecule has 0 radical (unpaired) electrons. The maximum atomic E-state index is 13.3. The number of nitrogens with one attached hydrogen (secondary N) is 1. The lowest BCUT2D eigenvalue weighted by atomic mass is 9.72. The number of hydrogen-bond acceptors (Lipinski definition) is 2. The van der Waals surface area contributed by atoms with Crippen LogP contribution in [0.5, 0.6) is 0 Å². The van der Waals surface area contributed by atoms with Gasteiger partial charge < -0.3 is 10.1 Å². The SMILES string of the molecule is CCCNC(Cc1ccc(F)c(F)c1)C1(OC)CCC1. The summed E-state index contributed by atoms with van der Waals surface area (Å²) in [5, 5.41) is 3.50. The van der Waals surface area contributed by atoms with Crippen molar-refractivity contribution in [3.8, 4) is 0 Å². The summed E-state index contributed by atoms with van der Waals surface area (Å²) in [7, 11) is 1.74. The van der Waals surface area contributed by atoms with Gasteiger partial charge in [-0.3, -0.25) is 0 Å². The van der Waals surface area contributed by atoms with Gasteiger partial charge in [-0.2, -0.15) is 0 Å². The van der Waals surface area contributed by atoms with Crippen LogP contribution in [0.25, 0.3) is 0 Å². The normalized spacial score (nSPS) is 18.6. The van der Waals surface area contributed by atoms with Gasteiger partial charge in [-0.15, -0.1) is 0 Å². The van der Waals surface area contributed by atoms with E-state index in [0.717, 1.165) is 37.8 Å². The average Bonchev–Trinajstić information content (AvgIpc) is 2.39. The van der Waals surface area contributed by atoms with E-state index in [-0.39, 0.29) is 11.6 Å². The molecule has 0 aliphatic heterocycles. The maximum absolute atomic E-state index is 13.3. The Morgan fingerprint density at radius 3 is 2.55 bits per heavy atom. The molecule has 1 atom stereocenters. The van der Waals surface area contributed by atoms with Gasteiger partial charge >= 0.3 is 0 Å². The van der Waals surface area contributed by atoms with Crippen molar-refractivity contribution in [3.63, 3.8) is 0 Å². The Bertz CT molecular complexity index is 441. The van der Waals surface area contributed by atoms with Gasteiger partial charge in [0.1, 0.15) is 0 Å². The van der Waals surface area contributed by atoms with Crippen molar-refractivity contribution in [1.82, 2.24) is 5.32 Å². The molecule has 4 heteroatoms. The quantitative estimate of drug-likeness (QED) is 0.827. The van der Waals surface area contributed by atoms with Gasteiger partial charge in [-0.1, -0.05) is 13.0 Å². The van der Waals surface area contributed by atoms with Gasteiger partial charge in [-0.05, 0) is 56.3 Å². The summed E-state index contributed by atoms with van der Waals surface area (Å²) in [6, 6.07) is 4.28. The summed E-state index contributed by atoms with van der Waals surface area (Å²) in [6.07, 6.45) is 4.90. The van der Waals surface area contributed by atoms with E-state index in [4.69, 9.17) is 4.74 Å². The van der Waals surface area contributed by atoms with Gasteiger partial charge in [0.2, 0.25) is 0 Å². The van der Waals surface area contributed by atoms with Crippen molar-refractivity contribution in [2.75, 3.05) is 13.7 Å². The standard InChI is InChI=1S/C16H23F2NO/c1-3-9-19-15(16(20-2)7-4-8-16)11-12-5-6-13(17)14(18)10-12/h5-6,10,15,19H,3-4,7-9,11H2,1-2H3. The first-order chi connectivity index (χ1) is 9.61. The molecular formula is C16H23F2NO. The molecule has 1 aliphatic rings. The fourth-order valence-electron chi connectivity index (χ4n) is 2.89. The van der Waals surface area contributed by atoms with E-state index in [2.05, 4.69) is 12.2 Å². The van der Waals surface area contributed by atoms with Crippen molar-refractivity contribution in [3.05, 3.63) is 35.4 Å². The fourth-order valence-corrected chi connectivity index (χ4v) is 2.89. The third-order valence-corrected chi connectivity index (χ3v) is 4.31. The van der Waals surface area contributed by atoms with Gasteiger partial charge in [0, 0.05) is 13.2 Å². The third kappa shape index (κ3) is 3.18. The molecule has 0 heterocycles. The van der Waals surface area contributed by atoms with Crippen LogP contribution in [0.15, 0.2) is 18.2 Å². The maximum Gasteiger partial charge on any atom is 0.159 e. The third-order valence-electron chi connectivity index (χ3n) is 4.31. The smallest absolute Gasteiger partial charge is 0.159 e. The zero-order valence-electron chi connectivity index (χ0n) is 12.2. The Hall–Kier alpha value is -1.00. The van der Waals surface area contributed by atoms with Gasteiger partial charge in [0.25, 0.3) is 0 Å². The van der Waals surface area contributed by atoms with Gasteiger partial charge in [-0.25, -0.2) is 8.78 Å². The number of methoxy groups -OCH3 is 1. The number of benzene rings is 1. The molecule has 1 saturated carbocycles.